The maximum absolute atomic E-state index is 15.4. The highest BCUT2D eigenvalue weighted by molar-refractivity contribution is 7.55. The summed E-state index contributed by atoms with van der Waals surface area (Å²) in [4.78, 5) is 52.3. The molecule has 0 aliphatic carbocycles. The second-order valence-corrected chi connectivity index (χ2v) is 14.1. The largest absolute Gasteiger partial charge is 0.457 e. The molecule has 52 heavy (non-hydrogen) atoms. The molecule has 4 aromatic rings. The van der Waals surface area contributed by atoms with Crippen molar-refractivity contribution in [2.45, 2.75) is 58.1 Å². The molecule has 2 atom stereocenters. The van der Waals surface area contributed by atoms with Crippen molar-refractivity contribution in [3.8, 4) is 11.5 Å². The van der Waals surface area contributed by atoms with Gasteiger partial charge in [-0.25, -0.2) is 9.36 Å². The molecule has 0 saturated heterocycles. The first kappa shape index (κ1) is 37.6. The Kier molecular flexibility index (Phi) is 12.7. The second kappa shape index (κ2) is 17.5. The summed E-state index contributed by atoms with van der Waals surface area (Å²) >= 11 is 0. The molecule has 1 heterocycles. The normalized spacial score (nSPS) is 14.1. The molecule has 0 bridgehead atoms. The SMILES string of the molecule is CC(=O)Nc1ccc(OP(=O)(Oc2ccc(NC(C)=O)cc2)C2c3ccccc3CN2C(=O)[C@H](CCCCN)NC(=O)OCc2ccccc2)cc1. The number of rotatable bonds is 15. The summed E-state index contributed by atoms with van der Waals surface area (Å²) in [6, 6.07) is 27.8. The molecule has 272 valence electrons. The molecule has 1 aliphatic rings. The summed E-state index contributed by atoms with van der Waals surface area (Å²) in [5, 5.41) is 8.09. The minimum atomic E-state index is -4.43. The Balaban J connectivity index is 1.49. The molecule has 4 aromatic carbocycles. The fraction of sp³-hybridized carbons (Fsp3) is 0.263. The third kappa shape index (κ3) is 9.99. The third-order valence-corrected chi connectivity index (χ3v) is 10.2. The van der Waals surface area contributed by atoms with Gasteiger partial charge < -0.3 is 40.4 Å². The predicted octanol–water partition coefficient (Wildman–Crippen LogP) is 6.72. The zero-order chi connectivity index (χ0) is 37.1. The molecule has 0 aromatic heterocycles. The van der Waals surface area contributed by atoms with Gasteiger partial charge in [0, 0.05) is 31.8 Å². The number of hydrogen-bond donors (Lipinski definition) is 4. The molecular weight excluding hydrogens is 685 g/mol. The Morgan fingerprint density at radius 2 is 1.35 bits per heavy atom. The predicted molar refractivity (Wildman–Crippen MR) is 197 cm³/mol. The maximum atomic E-state index is 15.4. The summed E-state index contributed by atoms with van der Waals surface area (Å²) in [6.45, 7) is 3.23. The van der Waals surface area contributed by atoms with E-state index in [2.05, 4.69) is 16.0 Å². The van der Waals surface area contributed by atoms with E-state index in [-0.39, 0.29) is 42.9 Å². The van der Waals surface area contributed by atoms with Crippen LogP contribution in [0.2, 0.25) is 0 Å². The van der Waals surface area contributed by atoms with Crippen LogP contribution in [0.25, 0.3) is 0 Å². The number of alkyl carbamates (subject to hydrolysis) is 1. The minimum Gasteiger partial charge on any atom is -0.445 e. The summed E-state index contributed by atoms with van der Waals surface area (Å²) in [7, 11) is -4.43. The Morgan fingerprint density at radius 3 is 1.90 bits per heavy atom. The number of amides is 4. The van der Waals surface area contributed by atoms with Crippen LogP contribution in [0, 0.1) is 0 Å². The van der Waals surface area contributed by atoms with Gasteiger partial charge in [0.25, 0.3) is 0 Å². The Bertz CT molecular complexity index is 1840. The number of nitrogens with one attached hydrogen (secondary N) is 3. The number of hydrogen-bond acceptors (Lipinski definition) is 9. The van der Waals surface area contributed by atoms with E-state index in [1.54, 1.807) is 36.4 Å². The van der Waals surface area contributed by atoms with E-state index in [1.165, 1.54) is 43.0 Å². The van der Waals surface area contributed by atoms with Crippen LogP contribution < -0.4 is 30.7 Å². The number of carbonyl (C=O) groups excluding carboxylic acids is 4. The van der Waals surface area contributed by atoms with E-state index in [4.69, 9.17) is 19.5 Å². The van der Waals surface area contributed by atoms with Gasteiger partial charge in [-0.1, -0.05) is 54.6 Å². The van der Waals surface area contributed by atoms with Crippen LogP contribution in [0.15, 0.2) is 103 Å². The van der Waals surface area contributed by atoms with Gasteiger partial charge in [-0.05, 0) is 91.0 Å². The van der Waals surface area contributed by atoms with E-state index >= 15 is 4.57 Å². The highest BCUT2D eigenvalue weighted by Crippen LogP contribution is 2.64. The van der Waals surface area contributed by atoms with Gasteiger partial charge in [0.2, 0.25) is 17.7 Å². The van der Waals surface area contributed by atoms with Crippen molar-refractivity contribution in [2.75, 3.05) is 17.2 Å². The molecule has 14 heteroatoms. The van der Waals surface area contributed by atoms with Gasteiger partial charge in [-0.15, -0.1) is 0 Å². The average Bonchev–Trinajstić information content (AvgIpc) is 3.53. The number of fused-ring (bicyclic) bond motifs is 1. The molecule has 13 nitrogen and oxygen atoms in total. The first-order valence-corrected chi connectivity index (χ1v) is 18.5. The van der Waals surface area contributed by atoms with E-state index < -0.39 is 31.4 Å². The molecule has 5 rings (SSSR count). The van der Waals surface area contributed by atoms with Gasteiger partial charge >= 0.3 is 13.7 Å². The quantitative estimate of drug-likeness (QED) is 0.0764. The van der Waals surface area contributed by atoms with Crippen LogP contribution in [0.5, 0.6) is 11.5 Å². The zero-order valence-electron chi connectivity index (χ0n) is 29.0. The molecule has 4 amide bonds. The molecule has 0 fully saturated rings. The molecule has 0 radical (unpaired) electrons. The highest BCUT2D eigenvalue weighted by atomic mass is 31.2. The van der Waals surface area contributed by atoms with E-state index in [9.17, 15) is 19.2 Å². The van der Waals surface area contributed by atoms with Gasteiger partial charge in [-0.3, -0.25) is 14.4 Å². The monoisotopic (exact) mass is 727 g/mol. The number of benzene rings is 4. The Morgan fingerprint density at radius 1 is 0.788 bits per heavy atom. The fourth-order valence-corrected chi connectivity index (χ4v) is 7.98. The van der Waals surface area contributed by atoms with Crippen LogP contribution in [0.3, 0.4) is 0 Å². The maximum Gasteiger partial charge on any atom is 0.457 e. The standard InChI is InChI=1S/C38H42N5O8P/c1-26(44)40-30-15-19-32(20-16-30)50-52(48,51-33-21-17-31(18-22-33)41-27(2)45)37-34-13-7-6-12-29(34)24-43(37)36(46)35(14-8-9-23-39)42-38(47)49-25-28-10-4-3-5-11-28/h3-7,10-13,15-22,35,37H,8-9,14,23-25,39H2,1-2H3,(H,40,44)(H,41,45)(H,42,47)/t35-,37?/m0/s1. The number of ether oxygens (including phenoxy) is 1. The molecule has 0 saturated carbocycles. The summed E-state index contributed by atoms with van der Waals surface area (Å²) in [5.41, 5.74) is 8.81. The molecule has 0 spiro atoms. The van der Waals surface area contributed by atoms with E-state index in [0.29, 0.717) is 36.3 Å². The third-order valence-electron chi connectivity index (χ3n) is 8.12. The van der Waals surface area contributed by atoms with Crippen LogP contribution in [-0.2, 0) is 36.8 Å². The van der Waals surface area contributed by atoms with Crippen LogP contribution in [0.4, 0.5) is 16.2 Å². The lowest BCUT2D eigenvalue weighted by atomic mass is 10.1. The van der Waals surface area contributed by atoms with Gasteiger partial charge in [-0.2, -0.15) is 0 Å². The first-order valence-electron chi connectivity index (χ1n) is 16.8. The highest BCUT2D eigenvalue weighted by Gasteiger charge is 2.51. The fourth-order valence-electron chi connectivity index (χ4n) is 5.78. The van der Waals surface area contributed by atoms with E-state index in [1.807, 2.05) is 42.5 Å². The van der Waals surface area contributed by atoms with Crippen molar-refractivity contribution in [2.24, 2.45) is 5.73 Å². The smallest absolute Gasteiger partial charge is 0.445 e. The summed E-state index contributed by atoms with van der Waals surface area (Å²) in [5.74, 6) is -1.96. The van der Waals surface area contributed by atoms with Crippen molar-refractivity contribution < 1.29 is 37.5 Å². The first-order chi connectivity index (χ1) is 25.0. The van der Waals surface area contributed by atoms with E-state index in [0.717, 1.165) is 11.1 Å². The number of unbranched alkanes of at least 4 members (excludes halogenated alkanes) is 1. The second-order valence-electron chi connectivity index (χ2n) is 12.2. The van der Waals surface area contributed by atoms with Gasteiger partial charge in [0.05, 0.1) is 0 Å². The number of nitrogens with two attached hydrogens (primary N) is 1. The zero-order valence-corrected chi connectivity index (χ0v) is 29.8. The number of anilines is 2. The van der Waals surface area contributed by atoms with Crippen LogP contribution in [-0.4, -0.2) is 41.3 Å². The van der Waals surface area contributed by atoms with Crippen LogP contribution in [0.1, 0.15) is 55.6 Å². The van der Waals surface area contributed by atoms with Gasteiger partial charge in [0.1, 0.15) is 24.1 Å². The lowest BCUT2D eigenvalue weighted by Crippen LogP contribution is -2.48. The summed E-state index contributed by atoms with van der Waals surface area (Å²) < 4.78 is 33.4. The van der Waals surface area contributed by atoms with Crippen molar-refractivity contribution in [3.63, 3.8) is 0 Å². The molecular formula is C38H42N5O8P. The topological polar surface area (TPSA) is 178 Å². The number of carbonyl (C=O) groups is 4. The lowest BCUT2D eigenvalue weighted by Gasteiger charge is -2.33. The Hall–Kier alpha value is -5.65. The van der Waals surface area contributed by atoms with Crippen LogP contribution >= 0.6 is 7.60 Å². The van der Waals surface area contributed by atoms with Crippen molar-refractivity contribution >= 4 is 42.8 Å². The Labute approximate surface area is 302 Å². The van der Waals surface area contributed by atoms with Crippen molar-refractivity contribution in [1.29, 1.82) is 0 Å². The average molecular weight is 728 g/mol. The van der Waals surface area contributed by atoms with Crippen molar-refractivity contribution in [1.82, 2.24) is 10.2 Å². The number of nitrogens with zero attached hydrogens (tertiary/aromatic N) is 1. The lowest BCUT2D eigenvalue weighted by molar-refractivity contribution is -0.134. The van der Waals surface area contributed by atoms with Crippen molar-refractivity contribution in [3.05, 3.63) is 120 Å². The molecule has 1 unspecified atom stereocenters. The summed E-state index contributed by atoms with van der Waals surface area (Å²) in [6.07, 6.45) is 0.611. The minimum absolute atomic E-state index is 0.00645. The molecule has 5 N–H and O–H groups in total. The molecule has 1 aliphatic heterocycles. The van der Waals surface area contributed by atoms with Gasteiger partial charge in [0.15, 0.2) is 5.78 Å².